The Bertz CT molecular complexity index is 213. The highest BCUT2D eigenvalue weighted by molar-refractivity contribution is 5.67. The molecule has 0 atom stereocenters. The van der Waals surface area contributed by atoms with Crippen LogP contribution in [0, 0.1) is 11.3 Å². The summed E-state index contributed by atoms with van der Waals surface area (Å²) in [4.78, 5) is 19.8. The van der Waals surface area contributed by atoms with Gasteiger partial charge in [-0.15, -0.1) is 0 Å². The van der Waals surface area contributed by atoms with Gasteiger partial charge in [-0.25, -0.2) is 0 Å². The molecule has 0 aromatic rings. The zero-order valence-corrected chi connectivity index (χ0v) is 7.77. The molecule has 2 N–H and O–H groups in total. The van der Waals surface area contributed by atoms with E-state index in [1.807, 2.05) is 0 Å². The largest absolute Gasteiger partial charge is 0.481 e. The van der Waals surface area contributed by atoms with Gasteiger partial charge in [0.1, 0.15) is 0 Å². The fourth-order valence-electron chi connectivity index (χ4n) is 0.552. The van der Waals surface area contributed by atoms with Crippen LogP contribution in [0.5, 0.6) is 0 Å². The molecular weight excluding hydrogens is 186 g/mol. The summed E-state index contributed by atoms with van der Waals surface area (Å²) in [7, 11) is 0. The third-order valence-electron chi connectivity index (χ3n) is 1.12. The second kappa shape index (κ2) is 11.2. The van der Waals surface area contributed by atoms with Crippen LogP contribution in [0.1, 0.15) is 25.7 Å². The number of nitriles is 1. The molecule has 0 heterocycles. The summed E-state index contributed by atoms with van der Waals surface area (Å²) >= 11 is 0. The third kappa shape index (κ3) is 22.5. The van der Waals surface area contributed by atoms with E-state index in [0.717, 1.165) is 0 Å². The summed E-state index contributed by atoms with van der Waals surface area (Å²) in [5.74, 6) is -1.74. The lowest BCUT2D eigenvalue weighted by Crippen LogP contribution is -1.97. The number of unbranched alkanes of at least 4 members (excludes halogenated alkanes) is 1. The van der Waals surface area contributed by atoms with Gasteiger partial charge in [-0.1, -0.05) is 6.58 Å². The Balaban J connectivity index is 0. The fourth-order valence-corrected chi connectivity index (χ4v) is 0.552. The van der Waals surface area contributed by atoms with Crippen LogP contribution in [0.3, 0.4) is 0 Å². The first-order chi connectivity index (χ1) is 6.54. The molecule has 0 aliphatic rings. The van der Waals surface area contributed by atoms with Crippen LogP contribution >= 0.6 is 0 Å². The second-order valence-corrected chi connectivity index (χ2v) is 2.33. The number of nitrogens with zero attached hydrogens (tertiary/aromatic N) is 1. The first-order valence-corrected chi connectivity index (χ1v) is 3.98. The molecule has 0 rings (SSSR count). The van der Waals surface area contributed by atoms with E-state index in [-0.39, 0.29) is 12.8 Å². The van der Waals surface area contributed by atoms with Crippen LogP contribution in [-0.2, 0) is 9.59 Å². The van der Waals surface area contributed by atoms with Crippen molar-refractivity contribution in [3.8, 4) is 6.07 Å². The van der Waals surface area contributed by atoms with Gasteiger partial charge in [-0.05, 0) is 12.8 Å². The lowest BCUT2D eigenvalue weighted by Gasteiger charge is -1.92. The maximum absolute atomic E-state index is 9.90. The molecule has 0 radical (unpaired) electrons. The van der Waals surface area contributed by atoms with E-state index in [4.69, 9.17) is 15.5 Å². The number of allylic oxidation sites excluding steroid dienone is 1. The molecule has 0 aromatic heterocycles. The SMILES string of the molecule is C=CC#N.O=C(O)CCCCC(=O)O. The van der Waals surface area contributed by atoms with Crippen molar-refractivity contribution < 1.29 is 19.8 Å². The molecule has 0 saturated carbocycles. The molecule has 0 fully saturated rings. The molecule has 5 nitrogen and oxygen atoms in total. The molecule has 78 valence electrons. The molecule has 0 aliphatic heterocycles. The minimum Gasteiger partial charge on any atom is -0.481 e. The van der Waals surface area contributed by atoms with Gasteiger partial charge >= 0.3 is 11.9 Å². The van der Waals surface area contributed by atoms with Crippen molar-refractivity contribution in [2.75, 3.05) is 0 Å². The van der Waals surface area contributed by atoms with Crippen LogP contribution in [0.2, 0.25) is 0 Å². The summed E-state index contributed by atoms with van der Waals surface area (Å²) in [6, 6.07) is 1.69. The Morgan fingerprint density at radius 1 is 1.21 bits per heavy atom. The molecule has 0 spiro atoms. The van der Waals surface area contributed by atoms with Crippen LogP contribution in [-0.4, -0.2) is 22.2 Å². The van der Waals surface area contributed by atoms with Crippen molar-refractivity contribution in [2.24, 2.45) is 0 Å². The summed E-state index contributed by atoms with van der Waals surface area (Å²) in [5, 5.41) is 23.8. The van der Waals surface area contributed by atoms with E-state index in [9.17, 15) is 9.59 Å². The highest BCUT2D eigenvalue weighted by atomic mass is 16.4. The predicted octanol–water partition coefficient (Wildman–Crippen LogP) is 1.41. The van der Waals surface area contributed by atoms with Crippen LogP contribution < -0.4 is 0 Å². The molecule has 0 saturated heterocycles. The molecule has 14 heavy (non-hydrogen) atoms. The zero-order valence-electron chi connectivity index (χ0n) is 7.77. The van der Waals surface area contributed by atoms with E-state index in [1.54, 1.807) is 6.07 Å². The normalized spacial score (nSPS) is 7.64. The highest BCUT2D eigenvalue weighted by Gasteiger charge is 1.99. The minimum atomic E-state index is -0.870. The Morgan fingerprint density at radius 2 is 1.50 bits per heavy atom. The molecule has 5 heteroatoms. The average molecular weight is 199 g/mol. The number of carbonyl (C=O) groups is 2. The third-order valence-corrected chi connectivity index (χ3v) is 1.12. The summed E-state index contributed by atoms with van der Waals surface area (Å²) in [6.07, 6.45) is 2.20. The Kier molecular flexibility index (Phi) is 11.7. The van der Waals surface area contributed by atoms with Gasteiger partial charge in [0.2, 0.25) is 0 Å². The van der Waals surface area contributed by atoms with Crippen molar-refractivity contribution >= 4 is 11.9 Å². The van der Waals surface area contributed by atoms with Crippen molar-refractivity contribution in [1.29, 1.82) is 5.26 Å². The molecular formula is C9H13NO4. The monoisotopic (exact) mass is 199 g/mol. The van der Waals surface area contributed by atoms with Crippen molar-refractivity contribution in [3.63, 3.8) is 0 Å². The molecule has 0 bridgehead atoms. The number of carboxylic acids is 2. The van der Waals surface area contributed by atoms with Gasteiger partial charge in [0.15, 0.2) is 0 Å². The van der Waals surface area contributed by atoms with Gasteiger partial charge < -0.3 is 10.2 Å². The molecule has 0 amide bonds. The quantitative estimate of drug-likeness (QED) is 0.515. The van der Waals surface area contributed by atoms with E-state index >= 15 is 0 Å². The number of hydrogen-bond acceptors (Lipinski definition) is 3. The van der Waals surface area contributed by atoms with Gasteiger partial charge in [-0.2, -0.15) is 5.26 Å². The molecule has 0 aliphatic carbocycles. The maximum atomic E-state index is 9.90. The van der Waals surface area contributed by atoms with Crippen molar-refractivity contribution in [2.45, 2.75) is 25.7 Å². The number of hydrogen-bond donors (Lipinski definition) is 2. The smallest absolute Gasteiger partial charge is 0.303 e. The van der Waals surface area contributed by atoms with Gasteiger partial charge in [0, 0.05) is 18.9 Å². The summed E-state index contributed by atoms with van der Waals surface area (Å²) in [6.45, 7) is 3.12. The molecule has 0 unspecified atom stereocenters. The first-order valence-electron chi connectivity index (χ1n) is 3.98. The summed E-state index contributed by atoms with van der Waals surface area (Å²) < 4.78 is 0. The zero-order chi connectivity index (χ0) is 11.4. The highest BCUT2D eigenvalue weighted by Crippen LogP contribution is 1.98. The fraction of sp³-hybridized carbons (Fsp3) is 0.444. The van der Waals surface area contributed by atoms with Crippen molar-refractivity contribution in [1.82, 2.24) is 0 Å². The van der Waals surface area contributed by atoms with E-state index < -0.39 is 11.9 Å². The van der Waals surface area contributed by atoms with Crippen LogP contribution in [0.25, 0.3) is 0 Å². The number of carboxylic acid groups (broad SMARTS) is 2. The Hall–Kier alpha value is -1.83. The Labute approximate surface area is 82.3 Å². The lowest BCUT2D eigenvalue weighted by atomic mass is 10.2. The van der Waals surface area contributed by atoms with Crippen molar-refractivity contribution in [3.05, 3.63) is 12.7 Å². The average Bonchev–Trinajstić information content (AvgIpc) is 2.12. The Morgan fingerprint density at radius 3 is 1.64 bits per heavy atom. The number of rotatable bonds is 5. The first kappa shape index (κ1) is 14.7. The maximum Gasteiger partial charge on any atom is 0.303 e. The topological polar surface area (TPSA) is 98.4 Å². The van der Waals surface area contributed by atoms with Crippen LogP contribution in [0.4, 0.5) is 0 Å². The minimum absolute atomic E-state index is 0.0628. The van der Waals surface area contributed by atoms with Crippen LogP contribution in [0.15, 0.2) is 12.7 Å². The predicted molar refractivity (Wildman–Crippen MR) is 49.5 cm³/mol. The molecule has 0 aromatic carbocycles. The second-order valence-electron chi connectivity index (χ2n) is 2.33. The van der Waals surface area contributed by atoms with Gasteiger partial charge in [0.05, 0.1) is 6.07 Å². The summed E-state index contributed by atoms with van der Waals surface area (Å²) in [5.41, 5.74) is 0. The van der Waals surface area contributed by atoms with E-state index in [1.165, 1.54) is 6.08 Å². The number of aliphatic carboxylic acids is 2. The van der Waals surface area contributed by atoms with E-state index in [0.29, 0.717) is 12.8 Å². The van der Waals surface area contributed by atoms with E-state index in [2.05, 4.69) is 6.58 Å². The lowest BCUT2D eigenvalue weighted by molar-refractivity contribution is -0.139. The van der Waals surface area contributed by atoms with Gasteiger partial charge in [-0.3, -0.25) is 9.59 Å². The standard InChI is InChI=1S/C6H10O4.C3H3N/c7-5(8)3-1-2-4-6(9)10;1-2-3-4/h1-4H2,(H,7,8)(H,9,10);2H,1H2. The van der Waals surface area contributed by atoms with Gasteiger partial charge in [0.25, 0.3) is 0 Å².